The summed E-state index contributed by atoms with van der Waals surface area (Å²) in [6.07, 6.45) is 3.19. The summed E-state index contributed by atoms with van der Waals surface area (Å²) in [6.45, 7) is 0.826. The molecule has 0 saturated carbocycles. The van der Waals surface area contributed by atoms with Gasteiger partial charge in [-0.05, 0) is 18.2 Å². The van der Waals surface area contributed by atoms with Crippen LogP contribution in [0, 0.1) is 28.6 Å². The van der Waals surface area contributed by atoms with Gasteiger partial charge < -0.3 is 10.1 Å². The van der Waals surface area contributed by atoms with Gasteiger partial charge in [0, 0.05) is 11.6 Å². The highest BCUT2D eigenvalue weighted by Gasteiger charge is 2.29. The predicted molar refractivity (Wildman–Crippen MR) is 87.7 cm³/mol. The van der Waals surface area contributed by atoms with Gasteiger partial charge in [-0.2, -0.15) is 10.5 Å². The van der Waals surface area contributed by atoms with E-state index in [-0.39, 0.29) is 18.0 Å². The lowest BCUT2D eigenvalue weighted by Crippen LogP contribution is -2.49. The lowest BCUT2D eigenvalue weighted by atomic mass is 10.1. The van der Waals surface area contributed by atoms with Gasteiger partial charge in [-0.15, -0.1) is 0 Å². The molecule has 0 aliphatic carbocycles. The molecule has 8 nitrogen and oxygen atoms in total. The highest BCUT2D eigenvalue weighted by atomic mass is 19.1. The molecule has 3 rings (SSSR count). The second kappa shape index (κ2) is 7.55. The van der Waals surface area contributed by atoms with Crippen molar-refractivity contribution >= 4 is 11.7 Å². The fourth-order valence-electron chi connectivity index (χ4n) is 2.54. The topological polar surface area (TPSA) is 115 Å². The molecule has 130 valence electrons. The van der Waals surface area contributed by atoms with Crippen LogP contribution in [0.25, 0.3) is 11.3 Å². The first kappa shape index (κ1) is 17.3. The zero-order valence-corrected chi connectivity index (χ0v) is 13.5. The first-order valence-corrected chi connectivity index (χ1v) is 7.69. The Kier molecular flexibility index (Phi) is 5.02. The van der Waals surface area contributed by atoms with Crippen molar-refractivity contribution in [2.75, 3.05) is 25.1 Å². The normalized spacial score (nSPS) is 16.4. The van der Waals surface area contributed by atoms with E-state index in [0.717, 1.165) is 6.07 Å². The van der Waals surface area contributed by atoms with Crippen molar-refractivity contribution < 1.29 is 13.9 Å². The summed E-state index contributed by atoms with van der Waals surface area (Å²) in [7, 11) is 0. The summed E-state index contributed by atoms with van der Waals surface area (Å²) in [4.78, 5) is 21.8. The molecule has 1 aromatic heterocycles. The van der Waals surface area contributed by atoms with Crippen LogP contribution in [0.3, 0.4) is 0 Å². The summed E-state index contributed by atoms with van der Waals surface area (Å²) in [5, 5.41) is 20.7. The molecule has 2 aromatic rings. The zero-order valence-electron chi connectivity index (χ0n) is 13.5. The van der Waals surface area contributed by atoms with Crippen LogP contribution >= 0.6 is 0 Å². The molecule has 1 aliphatic heterocycles. The molecule has 1 aromatic carbocycles. The van der Waals surface area contributed by atoms with Crippen LogP contribution in [-0.4, -0.2) is 46.6 Å². The van der Waals surface area contributed by atoms with Crippen LogP contribution in [-0.2, 0) is 9.53 Å². The molecule has 26 heavy (non-hydrogen) atoms. The first-order valence-electron chi connectivity index (χ1n) is 7.69. The quantitative estimate of drug-likeness (QED) is 0.827. The highest BCUT2D eigenvalue weighted by Crippen LogP contribution is 2.21. The Bertz CT molecular complexity index is 920. The van der Waals surface area contributed by atoms with Gasteiger partial charge in [0.1, 0.15) is 24.0 Å². The zero-order chi connectivity index (χ0) is 18.5. The van der Waals surface area contributed by atoms with Crippen molar-refractivity contribution in [3.05, 3.63) is 42.0 Å². The van der Waals surface area contributed by atoms with Crippen LogP contribution in [0.5, 0.6) is 0 Å². The van der Waals surface area contributed by atoms with E-state index in [9.17, 15) is 9.18 Å². The van der Waals surface area contributed by atoms with E-state index in [4.69, 9.17) is 15.3 Å². The van der Waals surface area contributed by atoms with E-state index in [2.05, 4.69) is 15.3 Å². The first-order chi connectivity index (χ1) is 12.6. The van der Waals surface area contributed by atoms with Crippen LogP contribution in [0.15, 0.2) is 30.6 Å². The van der Waals surface area contributed by atoms with Crippen LogP contribution in [0.1, 0.15) is 5.56 Å². The Morgan fingerprint density at radius 3 is 2.92 bits per heavy atom. The molecule has 1 saturated heterocycles. The van der Waals surface area contributed by atoms with Crippen molar-refractivity contribution in [1.82, 2.24) is 14.9 Å². The van der Waals surface area contributed by atoms with Crippen LogP contribution < -0.4 is 5.32 Å². The van der Waals surface area contributed by atoms with Crippen LogP contribution in [0.2, 0.25) is 0 Å². The number of aromatic nitrogens is 2. The molecule has 1 fully saturated rings. The molecular formula is C17H13FN6O2. The Labute approximate surface area is 148 Å². The van der Waals surface area contributed by atoms with Crippen molar-refractivity contribution in [3.8, 4) is 23.5 Å². The summed E-state index contributed by atoms with van der Waals surface area (Å²) in [5.74, 6) is -0.800. The third-order valence-corrected chi connectivity index (χ3v) is 3.80. The Morgan fingerprint density at radius 2 is 2.15 bits per heavy atom. The van der Waals surface area contributed by atoms with Crippen molar-refractivity contribution in [1.29, 1.82) is 10.5 Å². The van der Waals surface area contributed by atoms with E-state index in [1.54, 1.807) is 0 Å². The van der Waals surface area contributed by atoms with E-state index in [0.29, 0.717) is 24.4 Å². The second-order valence-electron chi connectivity index (χ2n) is 5.50. The van der Waals surface area contributed by atoms with Crippen molar-refractivity contribution in [2.45, 2.75) is 6.04 Å². The number of nitrogens with zero attached hydrogens (tertiary/aromatic N) is 5. The standard InChI is InChI=1S/C17H13FN6O2/c18-13-4-11(7-19)3-12(5-13)14-6-16(22-10-21-14)23-17(25)15-8-26-2-1-24(15)9-20/h3-6,10,15H,1-2,8H2,(H,21,22,23,25)/t15-/m1/s1. The molecule has 1 atom stereocenters. The fourth-order valence-corrected chi connectivity index (χ4v) is 2.54. The minimum Gasteiger partial charge on any atom is -0.377 e. The largest absolute Gasteiger partial charge is 0.377 e. The summed E-state index contributed by atoms with van der Waals surface area (Å²) in [6, 6.07) is 6.44. The summed E-state index contributed by atoms with van der Waals surface area (Å²) >= 11 is 0. The molecule has 1 amide bonds. The molecule has 0 bridgehead atoms. The van der Waals surface area contributed by atoms with E-state index in [1.807, 2.05) is 12.3 Å². The molecular weight excluding hydrogens is 339 g/mol. The minimum atomic E-state index is -0.744. The SMILES string of the molecule is N#Cc1cc(F)cc(-c2cc(NC(=O)[C@H]3COCCN3C#N)ncn2)c1. The van der Waals surface area contributed by atoms with Crippen molar-refractivity contribution in [3.63, 3.8) is 0 Å². The lowest BCUT2D eigenvalue weighted by molar-refractivity contribution is -0.124. The third-order valence-electron chi connectivity index (χ3n) is 3.80. The Hall–Kier alpha value is -3.56. The van der Waals surface area contributed by atoms with Gasteiger partial charge >= 0.3 is 0 Å². The van der Waals surface area contributed by atoms with E-state index < -0.39 is 17.8 Å². The summed E-state index contributed by atoms with van der Waals surface area (Å²) in [5.41, 5.74) is 0.899. The maximum absolute atomic E-state index is 13.6. The molecule has 9 heteroatoms. The molecule has 0 radical (unpaired) electrons. The van der Waals surface area contributed by atoms with Gasteiger partial charge in [0.05, 0.1) is 37.1 Å². The fraction of sp³-hybridized carbons (Fsp3) is 0.235. The van der Waals surface area contributed by atoms with Crippen LogP contribution in [0.4, 0.5) is 10.2 Å². The molecule has 1 aliphatic rings. The number of amides is 1. The third kappa shape index (κ3) is 3.74. The highest BCUT2D eigenvalue weighted by molar-refractivity contribution is 5.94. The average molecular weight is 352 g/mol. The van der Waals surface area contributed by atoms with Gasteiger partial charge in [0.2, 0.25) is 0 Å². The number of hydrogen-bond acceptors (Lipinski definition) is 7. The number of carbonyl (C=O) groups is 1. The van der Waals surface area contributed by atoms with Gasteiger partial charge in [-0.3, -0.25) is 9.69 Å². The monoisotopic (exact) mass is 352 g/mol. The molecule has 2 heterocycles. The number of nitrogens with one attached hydrogen (secondary N) is 1. The molecule has 0 spiro atoms. The number of ether oxygens (including phenoxy) is 1. The average Bonchev–Trinajstić information content (AvgIpc) is 2.67. The van der Waals surface area contributed by atoms with E-state index >= 15 is 0 Å². The maximum Gasteiger partial charge on any atom is 0.251 e. The number of halogens is 1. The number of carbonyl (C=O) groups excluding carboxylic acids is 1. The van der Waals surface area contributed by atoms with Gasteiger partial charge in [-0.25, -0.2) is 14.4 Å². The number of hydrogen-bond donors (Lipinski definition) is 1. The van der Waals surface area contributed by atoms with E-state index in [1.165, 1.54) is 29.4 Å². The predicted octanol–water partition coefficient (Wildman–Crippen LogP) is 1.27. The smallest absolute Gasteiger partial charge is 0.251 e. The van der Waals surface area contributed by atoms with Crippen molar-refractivity contribution in [2.24, 2.45) is 0 Å². The molecule has 0 unspecified atom stereocenters. The number of nitriles is 2. The number of rotatable bonds is 3. The van der Waals surface area contributed by atoms with Gasteiger partial charge in [0.25, 0.3) is 5.91 Å². The minimum absolute atomic E-state index is 0.104. The number of anilines is 1. The second-order valence-corrected chi connectivity index (χ2v) is 5.50. The number of morpholine rings is 1. The van der Waals surface area contributed by atoms with Gasteiger partial charge in [-0.1, -0.05) is 0 Å². The van der Waals surface area contributed by atoms with Gasteiger partial charge in [0.15, 0.2) is 6.19 Å². The lowest BCUT2D eigenvalue weighted by Gasteiger charge is -2.29. The number of benzene rings is 1. The Morgan fingerprint density at radius 1 is 1.31 bits per heavy atom. The Balaban J connectivity index is 1.82. The molecule has 1 N–H and O–H groups in total. The maximum atomic E-state index is 13.6. The summed E-state index contributed by atoms with van der Waals surface area (Å²) < 4.78 is 18.9.